The van der Waals surface area contributed by atoms with Crippen LogP contribution in [0.15, 0.2) is 18.7 Å². The molecule has 92 valence electrons. The quantitative estimate of drug-likeness (QED) is 0.789. The van der Waals surface area contributed by atoms with Gasteiger partial charge in [0.15, 0.2) is 5.13 Å². The van der Waals surface area contributed by atoms with Crippen LogP contribution in [0.2, 0.25) is 0 Å². The highest BCUT2D eigenvalue weighted by atomic mass is 32.1. The molecule has 17 heavy (non-hydrogen) atoms. The zero-order chi connectivity index (χ0) is 12.1. The molecule has 6 heteroatoms. The van der Waals surface area contributed by atoms with E-state index < -0.39 is 0 Å². The fourth-order valence-corrected chi connectivity index (χ4v) is 2.12. The van der Waals surface area contributed by atoms with Gasteiger partial charge in [-0.25, -0.2) is 9.97 Å². The number of nitrogens with one attached hydrogen (secondary N) is 1. The molecule has 2 heterocycles. The van der Waals surface area contributed by atoms with Crippen LogP contribution in [0.4, 0.5) is 0 Å². The van der Waals surface area contributed by atoms with Crippen molar-refractivity contribution in [3.63, 3.8) is 0 Å². The van der Waals surface area contributed by atoms with E-state index in [-0.39, 0.29) is 0 Å². The topological polar surface area (TPSA) is 52.0 Å². The molecule has 1 N–H and O–H groups in total. The van der Waals surface area contributed by atoms with E-state index in [0.717, 1.165) is 23.9 Å². The van der Waals surface area contributed by atoms with Crippen molar-refractivity contribution < 1.29 is 4.74 Å². The minimum atomic E-state index is 0.715. The van der Waals surface area contributed by atoms with Crippen LogP contribution in [0.1, 0.15) is 10.6 Å². The van der Waals surface area contributed by atoms with E-state index in [0.29, 0.717) is 6.61 Å². The highest BCUT2D eigenvalue weighted by molar-refractivity contribution is 7.13. The monoisotopic (exact) mass is 252 g/mol. The van der Waals surface area contributed by atoms with E-state index in [2.05, 4.69) is 15.3 Å². The van der Waals surface area contributed by atoms with E-state index >= 15 is 0 Å². The van der Waals surface area contributed by atoms with Crippen molar-refractivity contribution in [3.8, 4) is 5.13 Å². The van der Waals surface area contributed by atoms with Gasteiger partial charge in [-0.15, -0.1) is 11.3 Å². The Kier molecular flexibility index (Phi) is 4.24. The van der Waals surface area contributed by atoms with E-state index in [1.54, 1.807) is 24.8 Å². The summed E-state index contributed by atoms with van der Waals surface area (Å²) in [5, 5.41) is 4.21. The fraction of sp³-hybridized carbons (Fsp3) is 0.455. The second-order valence-electron chi connectivity index (χ2n) is 3.70. The summed E-state index contributed by atoms with van der Waals surface area (Å²) in [5.41, 5.74) is 1.01. The maximum absolute atomic E-state index is 4.96. The summed E-state index contributed by atoms with van der Waals surface area (Å²) in [6, 6.07) is 0. The third-order valence-corrected chi connectivity index (χ3v) is 3.18. The minimum Gasteiger partial charge on any atom is -0.383 e. The number of imidazole rings is 1. The van der Waals surface area contributed by atoms with Crippen LogP contribution in [-0.4, -0.2) is 34.8 Å². The summed E-state index contributed by atoms with van der Waals surface area (Å²) in [7, 11) is 1.70. The first-order chi connectivity index (χ1) is 8.29. The zero-order valence-electron chi connectivity index (χ0n) is 10.0. The van der Waals surface area contributed by atoms with Gasteiger partial charge in [-0.3, -0.25) is 4.57 Å². The molecule has 0 aliphatic rings. The van der Waals surface area contributed by atoms with Crippen LogP contribution in [0, 0.1) is 6.92 Å². The van der Waals surface area contributed by atoms with E-state index in [1.807, 2.05) is 23.9 Å². The Labute approximate surface area is 104 Å². The molecule has 0 atom stereocenters. The Morgan fingerprint density at radius 2 is 2.35 bits per heavy atom. The number of hydrogen-bond donors (Lipinski definition) is 1. The number of aromatic nitrogens is 3. The lowest BCUT2D eigenvalue weighted by Crippen LogP contribution is -2.18. The maximum atomic E-state index is 4.96. The molecule has 0 saturated heterocycles. The Balaban J connectivity index is 1.92. The predicted molar refractivity (Wildman–Crippen MR) is 67.6 cm³/mol. The summed E-state index contributed by atoms with van der Waals surface area (Å²) in [6.45, 7) is 4.35. The van der Waals surface area contributed by atoms with Crippen molar-refractivity contribution in [2.45, 2.75) is 13.5 Å². The number of methoxy groups -OCH3 is 1. The summed E-state index contributed by atoms with van der Waals surface area (Å²) in [4.78, 5) is 9.84. The summed E-state index contributed by atoms with van der Waals surface area (Å²) >= 11 is 1.66. The van der Waals surface area contributed by atoms with Crippen molar-refractivity contribution in [1.82, 2.24) is 19.9 Å². The molecule has 0 aliphatic heterocycles. The van der Waals surface area contributed by atoms with Gasteiger partial charge in [0.25, 0.3) is 0 Å². The van der Waals surface area contributed by atoms with Gasteiger partial charge in [0.2, 0.25) is 0 Å². The molecule has 0 aromatic carbocycles. The van der Waals surface area contributed by atoms with Crippen molar-refractivity contribution in [3.05, 3.63) is 29.3 Å². The molecule has 0 fully saturated rings. The van der Waals surface area contributed by atoms with Crippen LogP contribution >= 0.6 is 11.3 Å². The molecule has 0 unspecified atom stereocenters. The summed E-state index contributed by atoms with van der Waals surface area (Å²) in [5.74, 6) is 0. The number of thiazole rings is 1. The fourth-order valence-electron chi connectivity index (χ4n) is 1.41. The van der Waals surface area contributed by atoms with Crippen LogP contribution in [0.5, 0.6) is 0 Å². The van der Waals surface area contributed by atoms with Crippen LogP contribution in [0.25, 0.3) is 5.13 Å². The molecule has 0 amide bonds. The number of ether oxygens (including phenoxy) is 1. The number of rotatable bonds is 6. The standard InChI is InChI=1S/C11H16N4OS/c1-9-5-13-11(17-9)15-7-10(14-8-15)6-12-3-4-16-2/h5,7-8,12H,3-4,6H2,1-2H3. The van der Waals surface area contributed by atoms with Crippen molar-refractivity contribution in [2.24, 2.45) is 0 Å². The normalized spacial score (nSPS) is 10.9. The van der Waals surface area contributed by atoms with Gasteiger partial charge < -0.3 is 10.1 Å². The van der Waals surface area contributed by atoms with Crippen LogP contribution in [-0.2, 0) is 11.3 Å². The molecule has 0 bridgehead atoms. The molecular formula is C11H16N4OS. The highest BCUT2D eigenvalue weighted by Crippen LogP contribution is 2.16. The van der Waals surface area contributed by atoms with Gasteiger partial charge in [-0.05, 0) is 6.92 Å². The lowest BCUT2D eigenvalue weighted by molar-refractivity contribution is 0.199. The lowest BCUT2D eigenvalue weighted by atomic mass is 10.4. The number of aryl methyl sites for hydroxylation is 1. The van der Waals surface area contributed by atoms with Crippen LogP contribution in [0.3, 0.4) is 0 Å². The molecule has 0 saturated carbocycles. The predicted octanol–water partition coefficient (Wildman–Crippen LogP) is 1.37. The Hall–Kier alpha value is -1.24. The Bertz CT molecular complexity index is 465. The summed E-state index contributed by atoms with van der Waals surface area (Å²) in [6.07, 6.45) is 5.67. The third kappa shape index (κ3) is 3.36. The molecule has 0 spiro atoms. The molecule has 2 rings (SSSR count). The molecule has 5 nitrogen and oxygen atoms in total. The highest BCUT2D eigenvalue weighted by Gasteiger charge is 2.03. The smallest absolute Gasteiger partial charge is 0.194 e. The molecule has 2 aromatic rings. The molecule has 2 aromatic heterocycles. The van der Waals surface area contributed by atoms with Gasteiger partial charge in [-0.2, -0.15) is 0 Å². The summed E-state index contributed by atoms with van der Waals surface area (Å²) < 4.78 is 6.91. The van der Waals surface area contributed by atoms with Gasteiger partial charge in [0.05, 0.1) is 12.3 Å². The lowest BCUT2D eigenvalue weighted by Gasteiger charge is -2.00. The average Bonchev–Trinajstić information content (AvgIpc) is 2.93. The van der Waals surface area contributed by atoms with E-state index in [1.165, 1.54) is 4.88 Å². The first-order valence-corrected chi connectivity index (χ1v) is 6.26. The first kappa shape index (κ1) is 12.2. The Morgan fingerprint density at radius 1 is 1.47 bits per heavy atom. The van der Waals surface area contributed by atoms with Gasteiger partial charge in [0.1, 0.15) is 6.33 Å². The van der Waals surface area contributed by atoms with Crippen molar-refractivity contribution in [2.75, 3.05) is 20.3 Å². The van der Waals surface area contributed by atoms with Gasteiger partial charge in [0, 0.05) is 37.5 Å². The van der Waals surface area contributed by atoms with Crippen molar-refractivity contribution >= 4 is 11.3 Å². The largest absolute Gasteiger partial charge is 0.383 e. The van der Waals surface area contributed by atoms with Gasteiger partial charge >= 0.3 is 0 Å². The SMILES string of the molecule is COCCNCc1cn(-c2ncc(C)s2)cn1. The third-order valence-electron chi connectivity index (χ3n) is 2.26. The maximum Gasteiger partial charge on any atom is 0.194 e. The zero-order valence-corrected chi connectivity index (χ0v) is 10.8. The molecular weight excluding hydrogens is 236 g/mol. The second kappa shape index (κ2) is 5.90. The average molecular weight is 252 g/mol. The molecule has 0 radical (unpaired) electrons. The molecule has 0 aliphatic carbocycles. The van der Waals surface area contributed by atoms with Crippen LogP contribution < -0.4 is 5.32 Å². The number of nitrogens with zero attached hydrogens (tertiary/aromatic N) is 3. The van der Waals surface area contributed by atoms with E-state index in [4.69, 9.17) is 4.74 Å². The van der Waals surface area contributed by atoms with E-state index in [9.17, 15) is 0 Å². The second-order valence-corrected chi connectivity index (χ2v) is 4.91. The first-order valence-electron chi connectivity index (χ1n) is 5.45. The Morgan fingerprint density at radius 3 is 3.06 bits per heavy atom. The minimum absolute atomic E-state index is 0.715. The number of hydrogen-bond acceptors (Lipinski definition) is 5. The van der Waals surface area contributed by atoms with Crippen molar-refractivity contribution in [1.29, 1.82) is 0 Å². The van der Waals surface area contributed by atoms with Gasteiger partial charge in [-0.1, -0.05) is 0 Å².